The van der Waals surface area contributed by atoms with Crippen molar-refractivity contribution in [1.82, 2.24) is 4.90 Å². The molecule has 0 saturated carbocycles. The Bertz CT molecular complexity index is 228. The molecule has 0 aromatic heterocycles. The summed E-state index contributed by atoms with van der Waals surface area (Å²) in [7, 11) is 0. The Kier molecular flexibility index (Phi) is 16.7. The second-order valence-electron chi connectivity index (χ2n) is 6.01. The highest BCUT2D eigenvalue weighted by atomic mass is 15.1. The molecule has 0 heterocycles. The van der Waals surface area contributed by atoms with Gasteiger partial charge in [0, 0.05) is 6.54 Å². The molecule has 0 aromatic rings. The third-order valence-electron chi connectivity index (χ3n) is 3.84. The fourth-order valence-electron chi connectivity index (χ4n) is 2.46. The van der Waals surface area contributed by atoms with Crippen LogP contribution in [0.25, 0.3) is 0 Å². The number of unbranched alkanes of at least 4 members (excludes halogenated alkanes) is 9. The Morgan fingerprint density at radius 2 is 1.00 bits per heavy atom. The van der Waals surface area contributed by atoms with Gasteiger partial charge < -0.3 is 4.90 Å². The quantitative estimate of drug-likeness (QED) is 0.292. The third-order valence-corrected chi connectivity index (χ3v) is 3.84. The molecule has 0 spiro atoms. The van der Waals surface area contributed by atoms with Crippen LogP contribution in [0.2, 0.25) is 0 Å². The maximum Gasteiger partial charge on any atom is 0.0219 e. The van der Waals surface area contributed by atoms with Gasteiger partial charge in [0.2, 0.25) is 0 Å². The molecule has 0 atom stereocenters. The van der Waals surface area contributed by atoms with Crippen molar-refractivity contribution in [3.05, 3.63) is 24.6 Å². The maximum absolute atomic E-state index is 2.34. The van der Waals surface area contributed by atoms with Crippen molar-refractivity contribution >= 4 is 0 Å². The highest BCUT2D eigenvalue weighted by molar-refractivity contribution is 4.91. The van der Waals surface area contributed by atoms with E-state index in [1.165, 1.54) is 70.8 Å². The molecule has 1 heteroatoms. The van der Waals surface area contributed by atoms with Gasteiger partial charge in [-0.25, -0.2) is 0 Å². The van der Waals surface area contributed by atoms with E-state index in [0.717, 1.165) is 12.8 Å². The highest BCUT2D eigenvalue weighted by Gasteiger charge is 1.96. The first-order chi connectivity index (χ1) is 10.3. The van der Waals surface area contributed by atoms with E-state index in [2.05, 4.69) is 50.2 Å². The molecular formula is C20H39N. The zero-order chi connectivity index (χ0) is 15.6. The number of nitrogens with zero attached hydrogens (tertiary/aromatic N) is 1. The topological polar surface area (TPSA) is 3.24 Å². The van der Waals surface area contributed by atoms with Crippen LogP contribution in [-0.2, 0) is 0 Å². The fourth-order valence-corrected chi connectivity index (χ4v) is 2.46. The number of rotatable bonds is 15. The van der Waals surface area contributed by atoms with Gasteiger partial charge in [-0.1, -0.05) is 90.7 Å². The lowest BCUT2D eigenvalue weighted by Gasteiger charge is -2.15. The second kappa shape index (κ2) is 17.3. The second-order valence-corrected chi connectivity index (χ2v) is 6.01. The molecule has 0 fully saturated rings. The van der Waals surface area contributed by atoms with Gasteiger partial charge in [0.1, 0.15) is 0 Å². The van der Waals surface area contributed by atoms with Crippen molar-refractivity contribution in [2.24, 2.45) is 0 Å². The van der Waals surface area contributed by atoms with Crippen LogP contribution in [0.5, 0.6) is 0 Å². The first-order valence-electron chi connectivity index (χ1n) is 9.44. The zero-order valence-electron chi connectivity index (χ0n) is 14.9. The Labute approximate surface area is 134 Å². The van der Waals surface area contributed by atoms with E-state index in [1.54, 1.807) is 0 Å². The molecule has 0 aliphatic carbocycles. The summed E-state index contributed by atoms with van der Waals surface area (Å²) in [5.74, 6) is 0. The van der Waals surface area contributed by atoms with Crippen LogP contribution < -0.4 is 0 Å². The lowest BCUT2D eigenvalue weighted by Crippen LogP contribution is -2.11. The van der Waals surface area contributed by atoms with Crippen molar-refractivity contribution < 1.29 is 0 Å². The van der Waals surface area contributed by atoms with Gasteiger partial charge in [0.25, 0.3) is 0 Å². The van der Waals surface area contributed by atoms with E-state index >= 15 is 0 Å². The SMILES string of the molecule is CCC=CN(C=CCC)CCCCCCCCCCCC. The Morgan fingerprint density at radius 1 is 0.571 bits per heavy atom. The molecule has 0 aliphatic heterocycles. The highest BCUT2D eigenvalue weighted by Crippen LogP contribution is 2.11. The minimum atomic E-state index is 1.12. The van der Waals surface area contributed by atoms with Crippen LogP contribution in [-0.4, -0.2) is 11.4 Å². The zero-order valence-corrected chi connectivity index (χ0v) is 14.9. The van der Waals surface area contributed by atoms with Gasteiger partial charge in [-0.2, -0.15) is 0 Å². The molecule has 124 valence electrons. The fraction of sp³-hybridized carbons (Fsp3) is 0.800. The summed E-state index contributed by atoms with van der Waals surface area (Å²) in [6.45, 7) is 7.84. The minimum absolute atomic E-state index is 1.12. The van der Waals surface area contributed by atoms with Crippen LogP contribution in [0, 0.1) is 0 Å². The molecule has 0 N–H and O–H groups in total. The van der Waals surface area contributed by atoms with Crippen LogP contribution in [0.15, 0.2) is 24.6 Å². The Balaban J connectivity index is 3.49. The predicted molar refractivity (Wildman–Crippen MR) is 97.4 cm³/mol. The molecule has 0 saturated heterocycles. The van der Waals surface area contributed by atoms with E-state index in [4.69, 9.17) is 0 Å². The lowest BCUT2D eigenvalue weighted by molar-refractivity contribution is 0.462. The maximum atomic E-state index is 2.34. The Hall–Kier alpha value is -0.720. The van der Waals surface area contributed by atoms with Crippen molar-refractivity contribution in [1.29, 1.82) is 0 Å². The molecule has 21 heavy (non-hydrogen) atoms. The molecule has 0 aromatic carbocycles. The van der Waals surface area contributed by atoms with Gasteiger partial charge in [-0.15, -0.1) is 0 Å². The number of hydrogen-bond donors (Lipinski definition) is 0. The molecule has 0 aliphatic rings. The van der Waals surface area contributed by atoms with Gasteiger partial charge in [-0.05, 0) is 31.7 Å². The largest absolute Gasteiger partial charge is 0.355 e. The summed E-state index contributed by atoms with van der Waals surface area (Å²) in [5, 5.41) is 0. The van der Waals surface area contributed by atoms with Crippen LogP contribution in [0.4, 0.5) is 0 Å². The first-order valence-corrected chi connectivity index (χ1v) is 9.44. The third kappa shape index (κ3) is 15.5. The average molecular weight is 294 g/mol. The molecular weight excluding hydrogens is 254 g/mol. The van der Waals surface area contributed by atoms with Crippen molar-refractivity contribution in [2.45, 2.75) is 97.8 Å². The van der Waals surface area contributed by atoms with E-state index in [0.29, 0.717) is 0 Å². The van der Waals surface area contributed by atoms with E-state index in [-0.39, 0.29) is 0 Å². The van der Waals surface area contributed by atoms with Crippen LogP contribution in [0.1, 0.15) is 97.8 Å². The molecule has 0 unspecified atom stereocenters. The van der Waals surface area contributed by atoms with Crippen molar-refractivity contribution in [3.8, 4) is 0 Å². The summed E-state index contributed by atoms with van der Waals surface area (Å²) in [6.07, 6.45) is 25.3. The molecule has 0 amide bonds. The van der Waals surface area contributed by atoms with Crippen LogP contribution >= 0.6 is 0 Å². The summed E-state index contributed by atoms with van der Waals surface area (Å²) in [4.78, 5) is 2.34. The monoisotopic (exact) mass is 293 g/mol. The summed E-state index contributed by atoms with van der Waals surface area (Å²) >= 11 is 0. The van der Waals surface area contributed by atoms with E-state index < -0.39 is 0 Å². The summed E-state index contributed by atoms with van der Waals surface area (Å²) in [5.41, 5.74) is 0. The molecule has 0 bridgehead atoms. The first kappa shape index (κ1) is 20.3. The number of hydrogen-bond acceptors (Lipinski definition) is 1. The predicted octanol–water partition coefficient (Wildman–Crippen LogP) is 7.06. The van der Waals surface area contributed by atoms with Gasteiger partial charge in [-0.3, -0.25) is 0 Å². The van der Waals surface area contributed by atoms with Gasteiger partial charge in [0.05, 0.1) is 0 Å². The number of allylic oxidation sites excluding steroid dienone is 2. The van der Waals surface area contributed by atoms with E-state index in [9.17, 15) is 0 Å². The van der Waals surface area contributed by atoms with Crippen molar-refractivity contribution in [2.75, 3.05) is 6.54 Å². The van der Waals surface area contributed by atoms with Crippen LogP contribution in [0.3, 0.4) is 0 Å². The minimum Gasteiger partial charge on any atom is -0.355 e. The lowest BCUT2D eigenvalue weighted by atomic mass is 10.1. The normalized spacial score (nSPS) is 11.8. The van der Waals surface area contributed by atoms with E-state index in [1.807, 2.05) is 0 Å². The molecule has 0 rings (SSSR count). The molecule has 1 nitrogen and oxygen atoms in total. The standard InChI is InChI=1S/C20H39N/c1-4-7-10-11-12-13-14-15-16-17-20-21(18-8-5-2)19-9-6-3/h8-9,18-19H,4-7,10-17,20H2,1-3H3. The van der Waals surface area contributed by atoms with Gasteiger partial charge in [0.15, 0.2) is 0 Å². The van der Waals surface area contributed by atoms with Gasteiger partial charge >= 0.3 is 0 Å². The average Bonchev–Trinajstić information content (AvgIpc) is 2.51. The molecule has 0 radical (unpaired) electrons. The smallest absolute Gasteiger partial charge is 0.0219 e. The summed E-state index contributed by atoms with van der Waals surface area (Å²) in [6, 6.07) is 0. The van der Waals surface area contributed by atoms with Crippen molar-refractivity contribution in [3.63, 3.8) is 0 Å². The Morgan fingerprint density at radius 3 is 1.43 bits per heavy atom. The summed E-state index contributed by atoms with van der Waals surface area (Å²) < 4.78 is 0.